The quantitative estimate of drug-likeness (QED) is 0.518. The van der Waals surface area contributed by atoms with Crippen LogP contribution >= 0.6 is 23.1 Å². The monoisotopic (exact) mass is 399 g/mol. The Morgan fingerprint density at radius 3 is 2.78 bits per heavy atom. The zero-order chi connectivity index (χ0) is 18.6. The molecule has 1 aliphatic heterocycles. The molecule has 1 atom stereocenters. The Hall–Kier alpha value is -2.58. The maximum Gasteiger partial charge on any atom is 0.270 e. The Morgan fingerprint density at radius 2 is 1.96 bits per heavy atom. The second kappa shape index (κ2) is 7.98. The highest BCUT2D eigenvalue weighted by Gasteiger charge is 2.28. The van der Waals surface area contributed by atoms with Crippen molar-refractivity contribution < 1.29 is 14.3 Å². The number of benzene rings is 2. The zero-order valence-corrected chi connectivity index (χ0v) is 16.2. The number of aromatic nitrogens is 2. The van der Waals surface area contributed by atoms with Crippen LogP contribution in [0.2, 0.25) is 0 Å². The van der Waals surface area contributed by atoms with Gasteiger partial charge in [-0.3, -0.25) is 10.1 Å². The normalized spacial score (nSPS) is 15.4. The van der Waals surface area contributed by atoms with Crippen molar-refractivity contribution in [3.8, 4) is 11.5 Å². The van der Waals surface area contributed by atoms with Crippen molar-refractivity contribution in [1.29, 1.82) is 0 Å². The van der Waals surface area contributed by atoms with Crippen molar-refractivity contribution in [2.45, 2.75) is 23.1 Å². The second-order valence-electron chi connectivity index (χ2n) is 6.00. The van der Waals surface area contributed by atoms with Gasteiger partial charge in [-0.25, -0.2) is 0 Å². The van der Waals surface area contributed by atoms with Gasteiger partial charge in [-0.1, -0.05) is 65.1 Å². The van der Waals surface area contributed by atoms with E-state index in [-0.39, 0.29) is 12.5 Å². The lowest BCUT2D eigenvalue weighted by atomic mass is 10.2. The van der Waals surface area contributed by atoms with Crippen LogP contribution in [0.1, 0.15) is 11.1 Å². The number of carbonyl (C=O) groups is 1. The lowest BCUT2D eigenvalue weighted by Gasteiger charge is -2.25. The minimum atomic E-state index is -0.715. The Kier molecular flexibility index (Phi) is 5.26. The molecule has 1 aromatic heterocycles. The third kappa shape index (κ3) is 4.40. The average molecular weight is 399 g/mol. The van der Waals surface area contributed by atoms with Gasteiger partial charge >= 0.3 is 0 Å². The van der Waals surface area contributed by atoms with Crippen molar-refractivity contribution >= 4 is 34.1 Å². The summed E-state index contributed by atoms with van der Waals surface area (Å²) < 4.78 is 12.1. The van der Waals surface area contributed by atoms with Crippen molar-refractivity contribution in [1.82, 2.24) is 10.2 Å². The number of amides is 1. The van der Waals surface area contributed by atoms with Gasteiger partial charge in [0.15, 0.2) is 15.8 Å². The van der Waals surface area contributed by atoms with E-state index >= 15 is 0 Å². The number of aryl methyl sites for hydroxylation is 1. The molecule has 0 aliphatic carbocycles. The van der Waals surface area contributed by atoms with Gasteiger partial charge in [0.2, 0.25) is 11.2 Å². The van der Waals surface area contributed by atoms with E-state index in [2.05, 4.69) is 46.7 Å². The summed E-state index contributed by atoms with van der Waals surface area (Å²) in [5.41, 5.74) is 2.46. The molecule has 0 spiro atoms. The summed E-state index contributed by atoms with van der Waals surface area (Å²) in [6.07, 6.45) is -0.715. The molecule has 1 N–H and O–H groups in total. The van der Waals surface area contributed by atoms with E-state index in [4.69, 9.17) is 9.47 Å². The Balaban J connectivity index is 1.32. The smallest absolute Gasteiger partial charge is 0.270 e. The number of carbonyl (C=O) groups excluding carboxylic acids is 1. The van der Waals surface area contributed by atoms with Crippen molar-refractivity contribution in [2.24, 2.45) is 0 Å². The zero-order valence-electron chi connectivity index (χ0n) is 14.5. The summed E-state index contributed by atoms with van der Waals surface area (Å²) in [6.45, 7) is 2.23. The number of hydrogen-bond acceptors (Lipinski definition) is 7. The van der Waals surface area contributed by atoms with E-state index in [0.717, 1.165) is 10.1 Å². The van der Waals surface area contributed by atoms with Crippen LogP contribution in [0, 0.1) is 6.92 Å². The predicted molar refractivity (Wildman–Crippen MR) is 106 cm³/mol. The number of anilines is 1. The molecule has 2 heterocycles. The van der Waals surface area contributed by atoms with Gasteiger partial charge in [0.05, 0.1) is 0 Å². The highest BCUT2D eigenvalue weighted by molar-refractivity contribution is 8.00. The lowest BCUT2D eigenvalue weighted by molar-refractivity contribution is -0.125. The molecule has 0 bridgehead atoms. The summed E-state index contributed by atoms with van der Waals surface area (Å²) in [6, 6.07) is 15.7. The molecule has 1 aliphatic rings. The molecule has 0 saturated carbocycles. The molecule has 1 amide bonds. The van der Waals surface area contributed by atoms with E-state index in [1.807, 2.05) is 18.2 Å². The highest BCUT2D eigenvalue weighted by Crippen LogP contribution is 2.32. The largest absolute Gasteiger partial charge is 0.485 e. The number of thioether (sulfide) groups is 1. The molecule has 6 nitrogen and oxygen atoms in total. The maximum atomic E-state index is 12.4. The molecule has 0 fully saturated rings. The van der Waals surface area contributed by atoms with E-state index in [1.54, 1.807) is 17.8 Å². The van der Waals surface area contributed by atoms with Crippen LogP contribution in [0.15, 0.2) is 52.9 Å². The van der Waals surface area contributed by atoms with Crippen LogP contribution in [-0.2, 0) is 10.5 Å². The molecule has 4 rings (SSSR count). The third-order valence-corrected chi connectivity index (χ3v) is 5.96. The minimum Gasteiger partial charge on any atom is -0.485 e. The lowest BCUT2D eigenvalue weighted by Crippen LogP contribution is -2.40. The fraction of sp³-hybridized carbons (Fsp3) is 0.211. The van der Waals surface area contributed by atoms with Crippen LogP contribution < -0.4 is 14.8 Å². The number of nitrogens with zero attached hydrogens (tertiary/aromatic N) is 2. The molecule has 0 radical (unpaired) electrons. The standard InChI is InChI=1S/C19H17N3O3S2/c1-12-6-8-13(9-7-12)11-26-19-22-21-18(27-19)20-17(23)16-10-24-14-4-2-3-5-15(14)25-16/h2-9,16H,10-11H2,1H3,(H,20,21,23)/t16-/m0/s1. The Bertz CT molecular complexity index is 943. The second-order valence-corrected chi connectivity index (χ2v) is 8.20. The van der Waals surface area contributed by atoms with Crippen LogP contribution in [0.4, 0.5) is 5.13 Å². The van der Waals surface area contributed by atoms with Gasteiger partial charge in [-0.05, 0) is 24.6 Å². The first-order valence-electron chi connectivity index (χ1n) is 8.38. The molecule has 2 aromatic carbocycles. The molecule has 0 saturated heterocycles. The average Bonchev–Trinajstić information content (AvgIpc) is 3.14. The topological polar surface area (TPSA) is 73.3 Å². The van der Waals surface area contributed by atoms with Gasteiger partial charge in [0.1, 0.15) is 6.61 Å². The highest BCUT2D eigenvalue weighted by atomic mass is 32.2. The SMILES string of the molecule is Cc1ccc(CSc2nnc(NC(=O)[C@@H]3COc4ccccc4O3)s2)cc1. The van der Waals surface area contributed by atoms with Crippen molar-refractivity contribution in [3.63, 3.8) is 0 Å². The van der Waals surface area contributed by atoms with Crippen LogP contribution in [0.3, 0.4) is 0 Å². The number of ether oxygens (including phenoxy) is 2. The van der Waals surface area contributed by atoms with Crippen LogP contribution in [0.25, 0.3) is 0 Å². The summed E-state index contributed by atoms with van der Waals surface area (Å²) in [5.74, 6) is 1.72. The number of hydrogen-bond donors (Lipinski definition) is 1. The number of fused-ring (bicyclic) bond motifs is 1. The van der Waals surface area contributed by atoms with Gasteiger partial charge in [0, 0.05) is 5.75 Å². The minimum absolute atomic E-state index is 0.163. The number of nitrogens with one attached hydrogen (secondary N) is 1. The third-order valence-electron chi connectivity index (χ3n) is 3.92. The first-order valence-corrected chi connectivity index (χ1v) is 10.2. The van der Waals surface area contributed by atoms with E-state index in [9.17, 15) is 4.79 Å². The van der Waals surface area contributed by atoms with Gasteiger partial charge in [0.25, 0.3) is 5.91 Å². The summed E-state index contributed by atoms with van der Waals surface area (Å²) in [5, 5.41) is 11.4. The summed E-state index contributed by atoms with van der Waals surface area (Å²) in [7, 11) is 0. The van der Waals surface area contributed by atoms with Crippen molar-refractivity contribution in [3.05, 3.63) is 59.7 Å². The molecule has 27 heavy (non-hydrogen) atoms. The molecular weight excluding hydrogens is 382 g/mol. The first-order chi connectivity index (χ1) is 13.2. The van der Waals surface area contributed by atoms with Crippen LogP contribution in [-0.4, -0.2) is 28.8 Å². The summed E-state index contributed by atoms with van der Waals surface area (Å²) in [4.78, 5) is 12.4. The Labute approximate surface area is 164 Å². The molecule has 3 aromatic rings. The van der Waals surface area contributed by atoms with E-state index < -0.39 is 6.10 Å². The Morgan fingerprint density at radius 1 is 1.19 bits per heavy atom. The number of rotatable bonds is 5. The fourth-order valence-electron chi connectivity index (χ4n) is 2.48. The molecule has 0 unspecified atom stereocenters. The molecule has 8 heteroatoms. The molecular formula is C19H17N3O3S2. The molecule has 138 valence electrons. The van der Waals surface area contributed by atoms with E-state index in [1.165, 1.54) is 22.5 Å². The first kappa shape index (κ1) is 17.8. The van der Waals surface area contributed by atoms with Crippen LogP contribution in [0.5, 0.6) is 11.5 Å². The predicted octanol–water partition coefficient (Wildman–Crippen LogP) is 3.92. The van der Waals surface area contributed by atoms with Gasteiger partial charge < -0.3 is 9.47 Å². The van der Waals surface area contributed by atoms with E-state index in [0.29, 0.717) is 16.6 Å². The summed E-state index contributed by atoms with van der Waals surface area (Å²) >= 11 is 2.94. The maximum absolute atomic E-state index is 12.4. The van der Waals surface area contributed by atoms with Crippen molar-refractivity contribution in [2.75, 3.05) is 11.9 Å². The fourth-order valence-corrected chi connectivity index (χ4v) is 4.19. The van der Waals surface area contributed by atoms with Gasteiger partial charge in [-0.15, -0.1) is 10.2 Å². The number of para-hydroxylation sites is 2. The van der Waals surface area contributed by atoms with Gasteiger partial charge in [-0.2, -0.15) is 0 Å².